The molecule has 1 aromatic rings. The van der Waals surface area contributed by atoms with E-state index in [-0.39, 0.29) is 5.41 Å². The Hall–Kier alpha value is -0.870. The minimum Gasteiger partial charge on any atom is -0.377 e. The van der Waals surface area contributed by atoms with Crippen LogP contribution in [0.4, 0.5) is 0 Å². The number of ether oxygens (including phenoxy) is 1. The number of aryl methyl sites for hydroxylation is 1. The molecule has 0 amide bonds. The van der Waals surface area contributed by atoms with Crippen molar-refractivity contribution in [2.24, 2.45) is 18.4 Å². The maximum absolute atomic E-state index is 5.98. The molecular formula is C16H27N3O. The van der Waals surface area contributed by atoms with Gasteiger partial charge in [0.2, 0.25) is 0 Å². The molecule has 1 aromatic heterocycles. The summed E-state index contributed by atoms with van der Waals surface area (Å²) in [5, 5.41) is 8.20. The lowest BCUT2D eigenvalue weighted by Gasteiger charge is -2.60. The van der Waals surface area contributed by atoms with Gasteiger partial charge in [0, 0.05) is 48.3 Å². The second kappa shape index (κ2) is 4.85. The van der Waals surface area contributed by atoms with E-state index in [1.807, 2.05) is 17.9 Å². The summed E-state index contributed by atoms with van der Waals surface area (Å²) in [5.41, 5.74) is 2.79. The van der Waals surface area contributed by atoms with Crippen LogP contribution >= 0.6 is 0 Å². The Balaban J connectivity index is 1.72. The summed E-state index contributed by atoms with van der Waals surface area (Å²) in [5.74, 6) is 0.679. The molecule has 4 heteroatoms. The molecule has 20 heavy (non-hydrogen) atoms. The largest absolute Gasteiger partial charge is 0.377 e. The van der Waals surface area contributed by atoms with Crippen molar-refractivity contribution in [3.8, 4) is 0 Å². The van der Waals surface area contributed by atoms with E-state index in [4.69, 9.17) is 4.74 Å². The average Bonchev–Trinajstić information content (AvgIpc) is 2.76. The van der Waals surface area contributed by atoms with Crippen molar-refractivity contribution < 1.29 is 4.74 Å². The van der Waals surface area contributed by atoms with E-state index in [1.165, 1.54) is 24.1 Å². The number of rotatable bonds is 3. The fraction of sp³-hybridized carbons (Fsp3) is 0.812. The summed E-state index contributed by atoms with van der Waals surface area (Å²) in [4.78, 5) is 0. The van der Waals surface area contributed by atoms with Crippen molar-refractivity contribution in [3.05, 3.63) is 17.5 Å². The maximum atomic E-state index is 5.98. The van der Waals surface area contributed by atoms with Gasteiger partial charge in [-0.05, 0) is 26.7 Å². The Morgan fingerprint density at radius 1 is 1.50 bits per heavy atom. The number of fused-ring (bicyclic) bond motifs is 1. The van der Waals surface area contributed by atoms with Crippen LogP contribution in [0.25, 0.3) is 0 Å². The fourth-order valence-electron chi connectivity index (χ4n) is 4.16. The molecule has 1 saturated carbocycles. The van der Waals surface area contributed by atoms with Crippen LogP contribution < -0.4 is 5.32 Å². The van der Waals surface area contributed by atoms with Gasteiger partial charge in [-0.1, -0.05) is 13.8 Å². The molecule has 0 spiro atoms. The normalized spacial score (nSPS) is 33.4. The Morgan fingerprint density at radius 3 is 2.90 bits per heavy atom. The van der Waals surface area contributed by atoms with Gasteiger partial charge in [-0.2, -0.15) is 5.10 Å². The minimum absolute atomic E-state index is 0.232. The van der Waals surface area contributed by atoms with E-state index >= 15 is 0 Å². The van der Waals surface area contributed by atoms with Gasteiger partial charge in [0.1, 0.15) is 0 Å². The number of aromatic nitrogens is 2. The molecule has 1 N–H and O–H groups in total. The third-order valence-electron chi connectivity index (χ3n) is 5.50. The fourth-order valence-corrected chi connectivity index (χ4v) is 4.16. The molecule has 0 bridgehead atoms. The Kier molecular flexibility index (Phi) is 3.41. The van der Waals surface area contributed by atoms with Gasteiger partial charge in [-0.3, -0.25) is 4.68 Å². The molecule has 0 radical (unpaired) electrons. The first-order valence-electron chi connectivity index (χ1n) is 7.79. The molecule has 1 aliphatic heterocycles. The van der Waals surface area contributed by atoms with Crippen LogP contribution in [0, 0.1) is 18.3 Å². The highest BCUT2D eigenvalue weighted by atomic mass is 16.5. The van der Waals surface area contributed by atoms with Crippen LogP contribution in [-0.4, -0.2) is 28.5 Å². The Bertz CT molecular complexity index is 494. The minimum atomic E-state index is 0.232. The predicted molar refractivity (Wildman–Crippen MR) is 79.5 cm³/mol. The maximum Gasteiger partial charge on any atom is 0.0684 e. The van der Waals surface area contributed by atoms with Gasteiger partial charge < -0.3 is 10.1 Å². The van der Waals surface area contributed by atoms with Crippen LogP contribution in [0.5, 0.6) is 0 Å². The third-order valence-corrected chi connectivity index (χ3v) is 5.50. The highest BCUT2D eigenvalue weighted by molar-refractivity contribution is 5.21. The van der Waals surface area contributed by atoms with Crippen molar-refractivity contribution in [3.63, 3.8) is 0 Å². The zero-order chi connectivity index (χ0) is 14.5. The summed E-state index contributed by atoms with van der Waals surface area (Å²) in [6.07, 6.45) is 4.93. The van der Waals surface area contributed by atoms with E-state index in [0.29, 0.717) is 24.1 Å². The van der Waals surface area contributed by atoms with E-state index < -0.39 is 0 Å². The summed E-state index contributed by atoms with van der Waals surface area (Å²) in [7, 11) is 2.00. The second-order valence-electron chi connectivity index (χ2n) is 7.09. The smallest absolute Gasteiger partial charge is 0.0684 e. The van der Waals surface area contributed by atoms with Gasteiger partial charge in [-0.25, -0.2) is 0 Å². The van der Waals surface area contributed by atoms with Gasteiger partial charge in [0.25, 0.3) is 0 Å². The van der Waals surface area contributed by atoms with Crippen LogP contribution in [0.15, 0.2) is 6.20 Å². The molecular weight excluding hydrogens is 250 g/mol. The Morgan fingerprint density at radius 2 is 2.25 bits per heavy atom. The average molecular weight is 277 g/mol. The SMILES string of the molecule is Cc1c(C(C)NC2C3CCCOC3C2(C)C)cnn1C. The third kappa shape index (κ3) is 2.01. The molecule has 1 saturated heterocycles. The molecule has 0 aromatic carbocycles. The quantitative estimate of drug-likeness (QED) is 0.923. The lowest BCUT2D eigenvalue weighted by molar-refractivity contribution is -0.194. The van der Waals surface area contributed by atoms with Gasteiger partial charge in [0.05, 0.1) is 12.3 Å². The van der Waals surface area contributed by atoms with Crippen molar-refractivity contribution in [1.82, 2.24) is 15.1 Å². The van der Waals surface area contributed by atoms with E-state index in [2.05, 4.69) is 38.1 Å². The topological polar surface area (TPSA) is 39.1 Å². The molecule has 2 aliphatic rings. The summed E-state index contributed by atoms with van der Waals surface area (Å²) in [6.45, 7) is 9.99. The molecule has 1 aliphatic carbocycles. The standard InChI is InChI=1S/C16H27N3O/c1-10(13-9-17-19(5)11(13)2)18-14-12-7-6-8-20-15(12)16(14,3)4/h9-10,12,14-15,18H,6-8H2,1-5H3. The first-order chi connectivity index (χ1) is 9.43. The van der Waals surface area contributed by atoms with Gasteiger partial charge in [0.15, 0.2) is 0 Å². The van der Waals surface area contributed by atoms with Crippen LogP contribution in [-0.2, 0) is 11.8 Å². The first kappa shape index (κ1) is 14.1. The highest BCUT2D eigenvalue weighted by Gasteiger charge is 2.57. The number of hydrogen-bond donors (Lipinski definition) is 1. The molecule has 4 nitrogen and oxygen atoms in total. The molecule has 2 heterocycles. The first-order valence-corrected chi connectivity index (χ1v) is 7.79. The molecule has 3 rings (SSSR count). The van der Waals surface area contributed by atoms with Crippen LogP contribution in [0.2, 0.25) is 0 Å². The Labute approximate surface area is 121 Å². The zero-order valence-corrected chi connectivity index (χ0v) is 13.3. The van der Waals surface area contributed by atoms with Crippen LogP contribution in [0.1, 0.15) is 50.9 Å². The highest BCUT2D eigenvalue weighted by Crippen LogP contribution is 2.51. The van der Waals surface area contributed by atoms with Gasteiger partial charge >= 0.3 is 0 Å². The summed E-state index contributed by atoms with van der Waals surface area (Å²) in [6, 6.07) is 0.887. The van der Waals surface area contributed by atoms with Crippen molar-refractivity contribution in [1.29, 1.82) is 0 Å². The van der Waals surface area contributed by atoms with E-state index in [0.717, 1.165) is 6.61 Å². The van der Waals surface area contributed by atoms with E-state index in [1.54, 1.807) is 0 Å². The number of nitrogens with zero attached hydrogens (tertiary/aromatic N) is 2. The predicted octanol–water partition coefficient (Wildman–Crippen LogP) is 2.58. The number of hydrogen-bond acceptors (Lipinski definition) is 3. The van der Waals surface area contributed by atoms with Gasteiger partial charge in [-0.15, -0.1) is 0 Å². The van der Waals surface area contributed by atoms with Crippen molar-refractivity contribution in [2.75, 3.05) is 6.61 Å². The van der Waals surface area contributed by atoms with Crippen molar-refractivity contribution >= 4 is 0 Å². The molecule has 4 atom stereocenters. The lowest BCUT2D eigenvalue weighted by atomic mass is 9.55. The molecule has 4 unspecified atom stereocenters. The lowest BCUT2D eigenvalue weighted by Crippen LogP contribution is -2.69. The molecule has 112 valence electrons. The number of nitrogens with one attached hydrogen (secondary N) is 1. The van der Waals surface area contributed by atoms with Crippen molar-refractivity contribution in [2.45, 2.75) is 58.7 Å². The molecule has 2 fully saturated rings. The second-order valence-corrected chi connectivity index (χ2v) is 7.09. The summed E-state index contributed by atoms with van der Waals surface area (Å²) >= 11 is 0. The monoisotopic (exact) mass is 277 g/mol. The zero-order valence-electron chi connectivity index (χ0n) is 13.3. The summed E-state index contributed by atoms with van der Waals surface area (Å²) < 4.78 is 7.93. The van der Waals surface area contributed by atoms with E-state index in [9.17, 15) is 0 Å². The van der Waals surface area contributed by atoms with Crippen LogP contribution in [0.3, 0.4) is 0 Å².